The van der Waals surface area contributed by atoms with Gasteiger partial charge in [0.05, 0.1) is 11.3 Å². The fraction of sp³-hybridized carbons (Fsp3) is 0.562. The maximum absolute atomic E-state index is 12.5. The van der Waals surface area contributed by atoms with Gasteiger partial charge in [0.25, 0.3) is 5.91 Å². The van der Waals surface area contributed by atoms with Crippen molar-refractivity contribution in [3.8, 4) is 0 Å². The maximum atomic E-state index is 12.5. The standard InChI is InChI=1S/C16H24N4O2/c1-12(21)19-5-7-20(8-6-19)15(22)13-9-14(11-17-10-13)18-16(2,3)4/h9-11,18H,5-8H2,1-4H3. The second-order valence-electron chi connectivity index (χ2n) is 6.64. The van der Waals surface area contributed by atoms with Crippen molar-refractivity contribution in [2.24, 2.45) is 0 Å². The fourth-order valence-corrected chi connectivity index (χ4v) is 2.47. The number of pyridine rings is 1. The van der Waals surface area contributed by atoms with Crippen LogP contribution in [0.25, 0.3) is 0 Å². The van der Waals surface area contributed by atoms with Crippen molar-refractivity contribution in [1.82, 2.24) is 14.8 Å². The van der Waals surface area contributed by atoms with E-state index in [4.69, 9.17) is 0 Å². The fourth-order valence-electron chi connectivity index (χ4n) is 2.47. The third-order valence-corrected chi connectivity index (χ3v) is 3.52. The summed E-state index contributed by atoms with van der Waals surface area (Å²) in [5.41, 5.74) is 1.32. The zero-order valence-corrected chi connectivity index (χ0v) is 13.7. The van der Waals surface area contributed by atoms with Gasteiger partial charge < -0.3 is 15.1 Å². The Morgan fingerprint density at radius 1 is 1.09 bits per heavy atom. The Hall–Kier alpha value is -2.11. The number of hydrogen-bond acceptors (Lipinski definition) is 4. The van der Waals surface area contributed by atoms with Gasteiger partial charge in [-0.1, -0.05) is 0 Å². The highest BCUT2D eigenvalue weighted by Crippen LogP contribution is 2.16. The lowest BCUT2D eigenvalue weighted by Gasteiger charge is -2.34. The summed E-state index contributed by atoms with van der Waals surface area (Å²) >= 11 is 0. The largest absolute Gasteiger partial charge is 0.379 e. The molecular weight excluding hydrogens is 280 g/mol. The number of amides is 2. The van der Waals surface area contributed by atoms with E-state index < -0.39 is 0 Å². The summed E-state index contributed by atoms with van der Waals surface area (Å²) in [5.74, 6) is 0.0263. The van der Waals surface area contributed by atoms with Crippen LogP contribution in [0, 0.1) is 0 Å². The Bertz CT molecular complexity index is 558. The summed E-state index contributed by atoms with van der Waals surface area (Å²) < 4.78 is 0. The molecule has 2 rings (SSSR count). The molecule has 0 unspecified atom stereocenters. The van der Waals surface area contributed by atoms with Gasteiger partial charge in [-0.15, -0.1) is 0 Å². The molecule has 1 N–H and O–H groups in total. The number of nitrogens with zero attached hydrogens (tertiary/aromatic N) is 3. The molecule has 1 fully saturated rings. The first-order chi connectivity index (χ1) is 10.3. The second-order valence-corrected chi connectivity index (χ2v) is 6.64. The first-order valence-corrected chi connectivity index (χ1v) is 7.54. The number of hydrogen-bond donors (Lipinski definition) is 1. The molecule has 0 radical (unpaired) electrons. The molecule has 0 atom stereocenters. The van der Waals surface area contributed by atoms with Gasteiger partial charge >= 0.3 is 0 Å². The van der Waals surface area contributed by atoms with Gasteiger partial charge in [-0.3, -0.25) is 14.6 Å². The van der Waals surface area contributed by atoms with Gasteiger partial charge in [-0.2, -0.15) is 0 Å². The van der Waals surface area contributed by atoms with Gasteiger partial charge in [0, 0.05) is 51.0 Å². The lowest BCUT2D eigenvalue weighted by molar-refractivity contribution is -0.130. The lowest BCUT2D eigenvalue weighted by Crippen LogP contribution is -2.50. The Balaban J connectivity index is 2.04. The molecule has 1 aliphatic heterocycles. The van der Waals surface area contributed by atoms with E-state index in [1.807, 2.05) is 6.07 Å². The molecule has 120 valence electrons. The molecular formula is C16H24N4O2. The number of piperazine rings is 1. The van der Waals surface area contributed by atoms with Crippen LogP contribution >= 0.6 is 0 Å². The number of rotatable bonds is 2. The summed E-state index contributed by atoms with van der Waals surface area (Å²) in [6.07, 6.45) is 3.31. The van der Waals surface area contributed by atoms with Gasteiger partial charge in [0.2, 0.25) is 5.91 Å². The molecule has 0 bridgehead atoms. The number of carbonyl (C=O) groups excluding carboxylic acids is 2. The van der Waals surface area contributed by atoms with Crippen LogP contribution in [0.4, 0.5) is 5.69 Å². The summed E-state index contributed by atoms with van der Waals surface area (Å²) in [6, 6.07) is 1.83. The monoisotopic (exact) mass is 304 g/mol. The molecule has 1 aromatic rings. The first-order valence-electron chi connectivity index (χ1n) is 7.54. The van der Waals surface area contributed by atoms with Crippen molar-refractivity contribution in [2.45, 2.75) is 33.2 Å². The number of carbonyl (C=O) groups is 2. The molecule has 0 spiro atoms. The topological polar surface area (TPSA) is 65.5 Å². The van der Waals surface area contributed by atoms with Gasteiger partial charge in [0.1, 0.15) is 0 Å². The molecule has 1 saturated heterocycles. The van der Waals surface area contributed by atoms with Crippen LogP contribution in [-0.2, 0) is 4.79 Å². The van der Waals surface area contributed by atoms with Crippen LogP contribution in [0.5, 0.6) is 0 Å². The molecule has 0 saturated carbocycles. The minimum atomic E-state index is -0.0868. The van der Waals surface area contributed by atoms with Crippen molar-refractivity contribution < 1.29 is 9.59 Å². The van der Waals surface area contributed by atoms with Crippen LogP contribution in [0.1, 0.15) is 38.1 Å². The number of nitrogens with one attached hydrogen (secondary N) is 1. The van der Waals surface area contributed by atoms with Crippen molar-refractivity contribution >= 4 is 17.5 Å². The maximum Gasteiger partial charge on any atom is 0.255 e. The second kappa shape index (κ2) is 6.34. The van der Waals surface area contributed by atoms with Crippen molar-refractivity contribution in [3.63, 3.8) is 0 Å². The number of aromatic nitrogens is 1. The highest BCUT2D eigenvalue weighted by molar-refractivity contribution is 5.95. The van der Waals surface area contributed by atoms with Crippen molar-refractivity contribution in [3.05, 3.63) is 24.0 Å². The Morgan fingerprint density at radius 3 is 2.23 bits per heavy atom. The van der Waals surface area contributed by atoms with E-state index in [9.17, 15) is 9.59 Å². The zero-order chi connectivity index (χ0) is 16.3. The molecule has 6 heteroatoms. The summed E-state index contributed by atoms with van der Waals surface area (Å²) in [7, 11) is 0. The molecule has 2 heterocycles. The van der Waals surface area contributed by atoms with E-state index in [1.165, 1.54) is 0 Å². The number of anilines is 1. The van der Waals surface area contributed by atoms with Crippen LogP contribution < -0.4 is 5.32 Å². The first kappa shape index (κ1) is 16.3. The lowest BCUT2D eigenvalue weighted by atomic mass is 10.1. The van der Waals surface area contributed by atoms with Gasteiger partial charge in [0.15, 0.2) is 0 Å². The van der Waals surface area contributed by atoms with Crippen LogP contribution in [-0.4, -0.2) is 58.3 Å². The van der Waals surface area contributed by atoms with Crippen molar-refractivity contribution in [1.29, 1.82) is 0 Å². The van der Waals surface area contributed by atoms with Gasteiger partial charge in [-0.05, 0) is 26.8 Å². The quantitative estimate of drug-likeness (QED) is 0.901. The van der Waals surface area contributed by atoms with E-state index >= 15 is 0 Å². The smallest absolute Gasteiger partial charge is 0.255 e. The van der Waals surface area contributed by atoms with E-state index in [2.05, 4.69) is 31.1 Å². The molecule has 1 aliphatic rings. The van der Waals surface area contributed by atoms with E-state index in [-0.39, 0.29) is 17.4 Å². The SMILES string of the molecule is CC(=O)N1CCN(C(=O)c2cncc(NC(C)(C)C)c2)CC1. The normalized spacial score (nSPS) is 15.6. The minimum absolute atomic E-state index is 0.0340. The molecule has 22 heavy (non-hydrogen) atoms. The molecule has 1 aromatic heterocycles. The van der Waals surface area contributed by atoms with Gasteiger partial charge in [-0.25, -0.2) is 0 Å². The minimum Gasteiger partial charge on any atom is -0.379 e. The third-order valence-electron chi connectivity index (χ3n) is 3.52. The summed E-state index contributed by atoms with van der Waals surface area (Å²) in [4.78, 5) is 31.6. The summed E-state index contributed by atoms with van der Waals surface area (Å²) in [5, 5.41) is 3.32. The highest BCUT2D eigenvalue weighted by Gasteiger charge is 2.23. The predicted octanol–water partition coefficient (Wildman–Crippen LogP) is 1.60. The predicted molar refractivity (Wildman–Crippen MR) is 85.8 cm³/mol. The van der Waals surface area contributed by atoms with Crippen LogP contribution in [0.3, 0.4) is 0 Å². The molecule has 0 aliphatic carbocycles. The molecule has 6 nitrogen and oxygen atoms in total. The van der Waals surface area contributed by atoms with Crippen LogP contribution in [0.2, 0.25) is 0 Å². The highest BCUT2D eigenvalue weighted by atomic mass is 16.2. The van der Waals surface area contributed by atoms with Crippen molar-refractivity contribution in [2.75, 3.05) is 31.5 Å². The molecule has 2 amide bonds. The summed E-state index contributed by atoms with van der Waals surface area (Å²) in [6.45, 7) is 10.0. The molecule has 0 aromatic carbocycles. The third kappa shape index (κ3) is 4.19. The average Bonchev–Trinajstić information content (AvgIpc) is 2.45. The zero-order valence-electron chi connectivity index (χ0n) is 13.7. The van der Waals surface area contributed by atoms with Crippen LogP contribution in [0.15, 0.2) is 18.5 Å². The average molecular weight is 304 g/mol. The Kier molecular flexibility index (Phi) is 4.68. The Morgan fingerprint density at radius 2 is 1.68 bits per heavy atom. The van der Waals surface area contributed by atoms with E-state index in [1.54, 1.807) is 29.1 Å². The van der Waals surface area contributed by atoms with E-state index in [0.717, 1.165) is 5.69 Å². The van der Waals surface area contributed by atoms with E-state index in [0.29, 0.717) is 31.7 Å². The Labute approximate surface area is 131 Å².